The molecule has 0 saturated carbocycles. The van der Waals surface area contributed by atoms with Crippen LogP contribution in [0.3, 0.4) is 0 Å². The van der Waals surface area contributed by atoms with E-state index < -0.39 is 5.41 Å². The topological polar surface area (TPSA) is 8.17 Å². The molecule has 0 fully saturated rings. The molecule has 15 rings (SSSR count). The first-order valence-corrected chi connectivity index (χ1v) is 30.7. The van der Waals surface area contributed by atoms with Crippen LogP contribution in [0, 0.1) is 0 Å². The van der Waals surface area contributed by atoms with E-state index in [9.17, 15) is 0 Å². The maximum Gasteiger partial charge on any atom is 0.0713 e. The SMILES string of the molecule is CC(C)(C)c1cc(-c2cccc3cccc(-c4ccccc4N(c4ccc(-c5ccc6c(c5)C(c5ccccc5)(c5ccccc5)c5ccccc5-6)cc4)c4ccc(-c5cccc6c7ccccc7n(-c7ccccc7)c56)cc4)c23)cc(C(C)(C)C)c1. The van der Waals surface area contributed by atoms with Gasteiger partial charge in [0.05, 0.1) is 22.1 Å². The summed E-state index contributed by atoms with van der Waals surface area (Å²) in [5.41, 5.74) is 26.1. The molecule has 87 heavy (non-hydrogen) atoms. The summed E-state index contributed by atoms with van der Waals surface area (Å²) in [5.74, 6) is 0. The largest absolute Gasteiger partial charge is 0.310 e. The Morgan fingerprint density at radius 3 is 1.47 bits per heavy atom. The quantitative estimate of drug-likeness (QED) is 0.132. The van der Waals surface area contributed by atoms with Crippen LogP contribution in [0.2, 0.25) is 0 Å². The molecule has 0 atom stereocenters. The summed E-state index contributed by atoms with van der Waals surface area (Å²) in [4.78, 5) is 2.47. The fourth-order valence-electron chi connectivity index (χ4n) is 14.1. The third-order valence-electron chi connectivity index (χ3n) is 18.4. The maximum atomic E-state index is 2.47. The van der Waals surface area contributed by atoms with Gasteiger partial charge in [-0.3, -0.25) is 0 Å². The highest BCUT2D eigenvalue weighted by atomic mass is 15.1. The van der Waals surface area contributed by atoms with E-state index in [0.29, 0.717) is 0 Å². The van der Waals surface area contributed by atoms with Gasteiger partial charge in [0.15, 0.2) is 0 Å². The molecule has 2 nitrogen and oxygen atoms in total. The molecule has 1 heterocycles. The van der Waals surface area contributed by atoms with E-state index in [1.807, 2.05) is 0 Å². The van der Waals surface area contributed by atoms with Gasteiger partial charge in [0.2, 0.25) is 0 Å². The predicted molar refractivity (Wildman–Crippen MR) is 369 cm³/mol. The number of aromatic nitrogens is 1. The minimum Gasteiger partial charge on any atom is -0.310 e. The van der Waals surface area contributed by atoms with Gasteiger partial charge >= 0.3 is 0 Å². The molecule has 2 heteroatoms. The van der Waals surface area contributed by atoms with Gasteiger partial charge in [0.25, 0.3) is 0 Å². The van der Waals surface area contributed by atoms with E-state index in [4.69, 9.17) is 0 Å². The Balaban J connectivity index is 0.908. The zero-order valence-electron chi connectivity index (χ0n) is 50.3. The third-order valence-corrected chi connectivity index (χ3v) is 18.4. The van der Waals surface area contributed by atoms with E-state index in [0.717, 1.165) is 39.4 Å². The van der Waals surface area contributed by atoms with E-state index in [1.165, 1.54) is 105 Å². The number of fused-ring (bicyclic) bond motifs is 7. The minimum absolute atomic E-state index is 0.0320. The first kappa shape index (κ1) is 53.4. The molecule has 0 bridgehead atoms. The summed E-state index contributed by atoms with van der Waals surface area (Å²) < 4.78 is 2.43. The van der Waals surface area contributed by atoms with E-state index in [-0.39, 0.29) is 10.8 Å². The van der Waals surface area contributed by atoms with Crippen molar-refractivity contribution in [2.24, 2.45) is 0 Å². The Kier molecular flexibility index (Phi) is 12.9. The van der Waals surface area contributed by atoms with E-state index in [1.54, 1.807) is 0 Å². The molecule has 0 aliphatic heterocycles. The van der Waals surface area contributed by atoms with Crippen LogP contribution < -0.4 is 4.90 Å². The van der Waals surface area contributed by atoms with Crippen molar-refractivity contribution in [3.05, 3.63) is 337 Å². The Morgan fingerprint density at radius 1 is 0.322 bits per heavy atom. The highest BCUT2D eigenvalue weighted by molar-refractivity contribution is 6.14. The number of para-hydroxylation sites is 4. The number of nitrogens with zero attached hydrogens (tertiary/aromatic N) is 2. The van der Waals surface area contributed by atoms with Crippen LogP contribution in [0.15, 0.2) is 303 Å². The monoisotopic (exact) mass is 1120 g/mol. The number of hydrogen-bond acceptors (Lipinski definition) is 1. The normalized spacial score (nSPS) is 12.8. The van der Waals surface area contributed by atoms with Crippen LogP contribution in [0.1, 0.15) is 74.9 Å². The van der Waals surface area contributed by atoms with Crippen molar-refractivity contribution in [3.63, 3.8) is 0 Å². The lowest BCUT2D eigenvalue weighted by Crippen LogP contribution is -2.28. The van der Waals surface area contributed by atoms with Crippen molar-refractivity contribution < 1.29 is 0 Å². The maximum absolute atomic E-state index is 2.47. The molecular formula is C85H68N2. The molecule has 418 valence electrons. The minimum atomic E-state index is -0.494. The number of hydrogen-bond donors (Lipinski definition) is 0. The van der Waals surface area contributed by atoms with Gasteiger partial charge in [-0.15, -0.1) is 0 Å². The summed E-state index contributed by atoms with van der Waals surface area (Å²) in [5, 5.41) is 4.93. The summed E-state index contributed by atoms with van der Waals surface area (Å²) in [6.07, 6.45) is 0. The van der Waals surface area contributed by atoms with Crippen LogP contribution in [-0.2, 0) is 16.2 Å². The van der Waals surface area contributed by atoms with Crippen molar-refractivity contribution >= 4 is 49.6 Å². The van der Waals surface area contributed by atoms with Gasteiger partial charge in [0.1, 0.15) is 0 Å². The second kappa shape index (κ2) is 21.0. The van der Waals surface area contributed by atoms with E-state index in [2.05, 4.69) is 354 Å². The molecule has 1 aliphatic carbocycles. The summed E-state index contributed by atoms with van der Waals surface area (Å²) in [6.45, 7) is 14.0. The van der Waals surface area contributed by atoms with E-state index >= 15 is 0 Å². The zero-order valence-corrected chi connectivity index (χ0v) is 50.3. The molecule has 0 radical (unpaired) electrons. The van der Waals surface area contributed by atoms with Crippen LogP contribution in [0.25, 0.3) is 93.9 Å². The third kappa shape index (κ3) is 9.01. The van der Waals surface area contributed by atoms with Crippen LogP contribution in [0.4, 0.5) is 17.1 Å². The predicted octanol–water partition coefficient (Wildman–Crippen LogP) is 23.0. The molecule has 13 aromatic carbocycles. The van der Waals surface area contributed by atoms with Gasteiger partial charge in [-0.05, 0) is 154 Å². The van der Waals surface area contributed by atoms with Gasteiger partial charge in [-0.1, -0.05) is 290 Å². The second-order valence-electron chi connectivity index (χ2n) is 25.6. The summed E-state index contributed by atoms with van der Waals surface area (Å²) >= 11 is 0. The zero-order chi connectivity index (χ0) is 59.0. The number of rotatable bonds is 10. The van der Waals surface area contributed by atoms with Crippen molar-refractivity contribution in [1.29, 1.82) is 0 Å². The van der Waals surface area contributed by atoms with Crippen molar-refractivity contribution in [2.45, 2.75) is 57.8 Å². The van der Waals surface area contributed by atoms with Crippen molar-refractivity contribution in [3.8, 4) is 61.3 Å². The van der Waals surface area contributed by atoms with Gasteiger partial charge in [-0.25, -0.2) is 0 Å². The lowest BCUT2D eigenvalue weighted by atomic mass is 9.67. The Morgan fingerprint density at radius 2 is 0.816 bits per heavy atom. The molecule has 0 N–H and O–H groups in total. The van der Waals surface area contributed by atoms with Crippen molar-refractivity contribution in [1.82, 2.24) is 4.57 Å². The molecule has 1 aromatic heterocycles. The van der Waals surface area contributed by atoms with Crippen molar-refractivity contribution in [2.75, 3.05) is 4.90 Å². The lowest BCUT2D eigenvalue weighted by molar-refractivity contribution is 0.569. The summed E-state index contributed by atoms with van der Waals surface area (Å²) in [6, 6.07) is 113. The highest BCUT2D eigenvalue weighted by Crippen LogP contribution is 2.57. The Labute approximate surface area is 512 Å². The Bertz CT molecular complexity index is 4820. The lowest BCUT2D eigenvalue weighted by Gasteiger charge is -2.34. The number of benzene rings is 13. The highest BCUT2D eigenvalue weighted by Gasteiger charge is 2.46. The first-order valence-electron chi connectivity index (χ1n) is 30.7. The molecule has 0 spiro atoms. The van der Waals surface area contributed by atoms with Crippen LogP contribution >= 0.6 is 0 Å². The van der Waals surface area contributed by atoms with Crippen LogP contribution in [0.5, 0.6) is 0 Å². The molecule has 0 unspecified atom stereocenters. The summed E-state index contributed by atoms with van der Waals surface area (Å²) in [7, 11) is 0. The smallest absolute Gasteiger partial charge is 0.0713 e. The first-order chi connectivity index (χ1) is 42.4. The number of anilines is 3. The van der Waals surface area contributed by atoms with Crippen LogP contribution in [-0.4, -0.2) is 4.57 Å². The van der Waals surface area contributed by atoms with Gasteiger partial charge in [-0.2, -0.15) is 0 Å². The Hall–Kier alpha value is -10.3. The average Bonchev–Trinajstić information content (AvgIpc) is 1.59. The molecule has 1 aliphatic rings. The molecule has 0 amide bonds. The molecular weight excluding hydrogens is 1050 g/mol. The standard InChI is InChI=1S/C85H68N2/c1-83(2,3)64-53-61(54-65(56-64)84(4,5)6)69-36-22-25-59-26-23-38-75(81(59)69)73-34-17-20-41-79(73)86(68-50-45-58(46-51-68)70-37-24-39-76-74-35-18-21-42-80(74)87(82(70)76)66-31-14-9-15-32-66)67-48-43-57(44-49-67)60-47-52-72-71-33-16-19-40-77(71)85(78(72)55-60,62-27-10-7-11-28-62)63-29-12-8-13-30-63/h7-56H,1-6H3. The van der Waals surface area contributed by atoms with Gasteiger partial charge in [0, 0.05) is 39.0 Å². The molecule has 0 saturated heterocycles. The second-order valence-corrected chi connectivity index (χ2v) is 25.6. The fraction of sp³-hybridized carbons (Fsp3) is 0.106. The molecule has 14 aromatic rings. The fourth-order valence-corrected chi connectivity index (χ4v) is 14.1. The average molecular weight is 1120 g/mol. The van der Waals surface area contributed by atoms with Gasteiger partial charge < -0.3 is 9.47 Å².